The van der Waals surface area contributed by atoms with Crippen LogP contribution in [0.15, 0.2) is 0 Å². The first-order chi connectivity index (χ1) is 23.8. The van der Waals surface area contributed by atoms with Crippen LogP contribution in [0.5, 0.6) is 0 Å². The van der Waals surface area contributed by atoms with Crippen LogP contribution in [0.3, 0.4) is 0 Å². The van der Waals surface area contributed by atoms with E-state index in [0.29, 0.717) is 0 Å². The minimum atomic E-state index is -1.66. The number of carboxylic acid groups (broad SMARTS) is 1. The van der Waals surface area contributed by atoms with Gasteiger partial charge in [0.2, 0.25) is 47.3 Å². The van der Waals surface area contributed by atoms with Gasteiger partial charge >= 0.3 is 5.97 Å². The number of hydrogen-bond donors (Lipinski definition) is 10. The number of aliphatic hydroxyl groups excluding tert-OH is 1. The van der Waals surface area contributed by atoms with Crippen molar-refractivity contribution in [2.24, 2.45) is 17.6 Å². The summed E-state index contributed by atoms with van der Waals surface area (Å²) in [6, 6.07) is -9.29. The molecule has 7 atom stereocenters. The van der Waals surface area contributed by atoms with E-state index in [0.717, 1.165) is 21.6 Å². The number of hydrogen-bond acceptors (Lipinski definition) is 12. The first kappa shape index (κ1) is 44.9. The van der Waals surface area contributed by atoms with E-state index in [-0.39, 0.29) is 23.8 Å². The van der Waals surface area contributed by atoms with Gasteiger partial charge in [-0.25, -0.2) is 0 Å². The van der Waals surface area contributed by atoms with Crippen molar-refractivity contribution in [3.8, 4) is 0 Å². The molecule has 1 heterocycles. The van der Waals surface area contributed by atoms with E-state index in [1.54, 1.807) is 27.7 Å². The van der Waals surface area contributed by atoms with Crippen LogP contribution in [-0.4, -0.2) is 124 Å². The number of nitrogens with two attached hydrogens (primary N) is 1. The number of carbonyl (C=O) groups excluding carboxylic acids is 8. The molecule has 19 nitrogen and oxygen atoms in total. The number of nitrogens with one attached hydrogen (secondary N) is 7. The molecule has 0 aromatic heterocycles. The second kappa shape index (κ2) is 22.0. The SMILES string of the molecule is CC(=O)N[C@H](C(=O)N[C@H]1CSSC[C@@H](C(=O)N[C@@H](C)C(N)=O)NC(=O)[C@H](CC(C)C)NC(=O)[C@H](CCC(=O)O)NC(=O)[C@H](CO)NC1=O)C(C)C. The number of rotatable bonds is 13. The highest BCUT2D eigenvalue weighted by atomic mass is 33.1. The predicted molar refractivity (Wildman–Crippen MR) is 187 cm³/mol. The Morgan fingerprint density at radius 3 is 1.90 bits per heavy atom. The molecule has 11 N–H and O–H groups in total. The second-order valence-corrected chi connectivity index (χ2v) is 15.2. The lowest BCUT2D eigenvalue weighted by atomic mass is 10.0. The van der Waals surface area contributed by atoms with Gasteiger partial charge in [-0.05, 0) is 31.6 Å². The van der Waals surface area contributed by atoms with Gasteiger partial charge in [0, 0.05) is 24.9 Å². The van der Waals surface area contributed by atoms with Gasteiger partial charge in [-0.15, -0.1) is 0 Å². The average Bonchev–Trinajstić information content (AvgIpc) is 3.03. The maximum Gasteiger partial charge on any atom is 0.303 e. The Morgan fingerprint density at radius 1 is 0.824 bits per heavy atom. The summed E-state index contributed by atoms with van der Waals surface area (Å²) < 4.78 is 0. The van der Waals surface area contributed by atoms with Crippen LogP contribution in [-0.2, 0) is 43.2 Å². The number of primary amides is 1. The first-order valence-electron chi connectivity index (χ1n) is 16.2. The summed E-state index contributed by atoms with van der Waals surface area (Å²) in [5, 5.41) is 36.5. The lowest BCUT2D eigenvalue weighted by molar-refractivity contribution is -0.139. The highest BCUT2D eigenvalue weighted by Gasteiger charge is 2.35. The minimum absolute atomic E-state index is 0.0671. The van der Waals surface area contributed by atoms with Crippen LogP contribution < -0.4 is 43.0 Å². The molecular weight excluding hydrogens is 713 g/mol. The molecule has 0 spiro atoms. The van der Waals surface area contributed by atoms with Gasteiger partial charge in [-0.3, -0.25) is 43.2 Å². The molecule has 51 heavy (non-hydrogen) atoms. The standard InChI is InChI=1S/C30H50N8O11S2/c1-13(2)9-18-26(45)37-20(28(47)32-15(5)24(31)43)11-50-51-12-21(38-30(49)23(14(3)4)33-16(6)40)29(48)36-19(10-39)27(46)34-17(25(44)35-18)7-8-22(41)42/h13-15,17-21,23,39H,7-12H2,1-6H3,(H2,31,43)(H,32,47)(H,33,40)(H,34,46)(H,35,44)(H,36,48)(H,37,45)(H,38,49)(H,41,42)/t15-,17-,18-,19-,20-,21-,23-/m0/s1. The first-order valence-corrected chi connectivity index (χ1v) is 18.7. The van der Waals surface area contributed by atoms with Gasteiger partial charge in [0.05, 0.1) is 6.61 Å². The van der Waals surface area contributed by atoms with E-state index in [9.17, 15) is 53.4 Å². The third kappa shape index (κ3) is 16.2. The van der Waals surface area contributed by atoms with Crippen LogP contribution in [0.2, 0.25) is 0 Å². The molecule has 0 unspecified atom stereocenters. The fourth-order valence-electron chi connectivity index (χ4n) is 4.52. The monoisotopic (exact) mass is 762 g/mol. The quantitative estimate of drug-likeness (QED) is 0.0831. The summed E-state index contributed by atoms with van der Waals surface area (Å²) >= 11 is 0. The molecule has 0 aliphatic carbocycles. The van der Waals surface area contributed by atoms with Gasteiger partial charge in [0.25, 0.3) is 0 Å². The number of carboxylic acids is 1. The van der Waals surface area contributed by atoms with Crippen molar-refractivity contribution in [1.29, 1.82) is 0 Å². The molecule has 1 rings (SSSR count). The highest BCUT2D eigenvalue weighted by molar-refractivity contribution is 8.76. The summed E-state index contributed by atoms with van der Waals surface area (Å²) in [5.74, 6) is -8.77. The molecule has 288 valence electrons. The topological polar surface area (TPSA) is 304 Å². The normalized spacial score (nSPS) is 23.7. The predicted octanol–water partition coefficient (Wildman–Crippen LogP) is -3.14. The third-order valence-corrected chi connectivity index (χ3v) is 9.77. The van der Waals surface area contributed by atoms with Crippen LogP contribution in [0.25, 0.3) is 0 Å². The molecule has 1 aliphatic heterocycles. The Bertz CT molecular complexity index is 1300. The molecule has 0 aromatic carbocycles. The molecule has 21 heteroatoms. The fraction of sp³-hybridized carbons (Fsp3) is 0.700. The number of amides is 8. The number of aliphatic hydroxyl groups is 1. The van der Waals surface area contributed by atoms with E-state index in [4.69, 9.17) is 5.73 Å². The van der Waals surface area contributed by atoms with Crippen LogP contribution in [0.4, 0.5) is 0 Å². The van der Waals surface area contributed by atoms with Gasteiger partial charge in [-0.1, -0.05) is 49.3 Å². The lowest BCUT2D eigenvalue weighted by Gasteiger charge is -2.27. The Kier molecular flexibility index (Phi) is 19.3. The van der Waals surface area contributed by atoms with Crippen LogP contribution in [0.1, 0.15) is 60.8 Å². The molecule has 1 fully saturated rings. The lowest BCUT2D eigenvalue weighted by Crippen LogP contribution is -2.61. The van der Waals surface area contributed by atoms with E-state index >= 15 is 0 Å². The molecule has 0 aromatic rings. The van der Waals surface area contributed by atoms with Crippen molar-refractivity contribution in [2.45, 2.75) is 103 Å². The minimum Gasteiger partial charge on any atom is -0.481 e. The van der Waals surface area contributed by atoms with Gasteiger partial charge in [-0.2, -0.15) is 0 Å². The van der Waals surface area contributed by atoms with Crippen molar-refractivity contribution >= 4 is 74.8 Å². The molecule has 0 radical (unpaired) electrons. The van der Waals surface area contributed by atoms with Crippen molar-refractivity contribution in [1.82, 2.24) is 37.2 Å². The Balaban J connectivity index is 3.62. The molecule has 0 saturated carbocycles. The fourth-order valence-corrected chi connectivity index (χ4v) is 6.85. The van der Waals surface area contributed by atoms with E-state index in [1.165, 1.54) is 13.8 Å². The van der Waals surface area contributed by atoms with E-state index in [2.05, 4.69) is 37.2 Å². The second-order valence-electron chi connectivity index (χ2n) is 12.7. The van der Waals surface area contributed by atoms with Gasteiger partial charge < -0.3 is 53.2 Å². The average molecular weight is 763 g/mol. The molecule has 0 bridgehead atoms. The summed E-state index contributed by atoms with van der Waals surface area (Å²) in [5.41, 5.74) is 5.29. The van der Waals surface area contributed by atoms with E-state index < -0.39 is 121 Å². The van der Waals surface area contributed by atoms with Gasteiger partial charge in [0.15, 0.2) is 0 Å². The Labute approximate surface area is 303 Å². The summed E-state index contributed by atoms with van der Waals surface area (Å²) in [7, 11) is 2.01. The summed E-state index contributed by atoms with van der Waals surface area (Å²) in [4.78, 5) is 115. The molecule has 8 amide bonds. The number of carbonyl (C=O) groups is 9. The zero-order chi connectivity index (χ0) is 39.0. The van der Waals surface area contributed by atoms with Gasteiger partial charge in [0.1, 0.15) is 42.3 Å². The summed E-state index contributed by atoms with van der Waals surface area (Å²) in [6.07, 6.45) is -0.946. The van der Waals surface area contributed by atoms with E-state index in [1.807, 2.05) is 0 Å². The highest BCUT2D eigenvalue weighted by Crippen LogP contribution is 2.24. The molecular formula is C30H50N8O11S2. The van der Waals surface area contributed by atoms with Crippen LogP contribution in [0, 0.1) is 11.8 Å². The smallest absolute Gasteiger partial charge is 0.303 e. The van der Waals surface area contributed by atoms with Crippen molar-refractivity contribution < 1.29 is 53.4 Å². The zero-order valence-electron chi connectivity index (χ0n) is 29.4. The zero-order valence-corrected chi connectivity index (χ0v) is 31.0. The van der Waals surface area contributed by atoms with Crippen molar-refractivity contribution in [3.05, 3.63) is 0 Å². The largest absolute Gasteiger partial charge is 0.481 e. The Hall–Kier alpha value is -4.11. The summed E-state index contributed by atoms with van der Waals surface area (Å²) in [6.45, 7) is 8.46. The van der Waals surface area contributed by atoms with Crippen molar-refractivity contribution in [3.63, 3.8) is 0 Å². The molecule has 1 aliphatic rings. The van der Waals surface area contributed by atoms with Crippen LogP contribution >= 0.6 is 21.6 Å². The van der Waals surface area contributed by atoms with Crippen molar-refractivity contribution in [2.75, 3.05) is 18.1 Å². The number of aliphatic carboxylic acids is 1. The maximum atomic E-state index is 13.6. The third-order valence-electron chi connectivity index (χ3n) is 7.35. The molecule has 1 saturated heterocycles. The Morgan fingerprint density at radius 2 is 1.37 bits per heavy atom. The maximum absolute atomic E-state index is 13.6.